The van der Waals surface area contributed by atoms with Gasteiger partial charge in [0, 0.05) is 11.6 Å². The number of carbonyl (C=O) groups is 1. The Bertz CT molecular complexity index is 1030. The summed E-state index contributed by atoms with van der Waals surface area (Å²) in [5.41, 5.74) is 3.55. The zero-order valence-electron chi connectivity index (χ0n) is 13.8. The quantitative estimate of drug-likeness (QED) is 0.545. The number of ketones is 1. The lowest BCUT2D eigenvalue weighted by Gasteiger charge is -2.02. The molecule has 25 heavy (non-hydrogen) atoms. The molecule has 1 aliphatic rings. The highest BCUT2D eigenvalue weighted by Crippen LogP contribution is 2.35. The third kappa shape index (κ3) is 2.77. The van der Waals surface area contributed by atoms with Crippen LogP contribution in [0.15, 0.2) is 58.7 Å². The number of rotatable bonds is 2. The van der Waals surface area contributed by atoms with Crippen molar-refractivity contribution in [3.8, 4) is 17.1 Å². The average molecular weight is 351 g/mol. The Labute approximate surface area is 150 Å². The molecule has 0 bridgehead atoms. The molecule has 124 valence electrons. The van der Waals surface area contributed by atoms with Crippen LogP contribution in [0.3, 0.4) is 0 Å². The normalized spacial score (nSPS) is 14.7. The van der Waals surface area contributed by atoms with Crippen LogP contribution in [0.4, 0.5) is 0 Å². The summed E-state index contributed by atoms with van der Waals surface area (Å²) < 4.78 is 11.5. The second kappa shape index (κ2) is 5.94. The summed E-state index contributed by atoms with van der Waals surface area (Å²) in [5, 5.41) is 0.614. The monoisotopic (exact) mass is 350 g/mol. The first-order valence-electron chi connectivity index (χ1n) is 7.93. The zero-order chi connectivity index (χ0) is 17.6. The largest absolute Gasteiger partial charge is 0.457 e. The van der Waals surface area contributed by atoms with Gasteiger partial charge in [0.05, 0.1) is 10.6 Å². The van der Waals surface area contributed by atoms with Crippen molar-refractivity contribution >= 4 is 23.5 Å². The van der Waals surface area contributed by atoms with Crippen LogP contribution in [0.1, 0.15) is 27.2 Å². The molecule has 2 aromatic carbocycles. The minimum absolute atomic E-state index is 0.131. The van der Waals surface area contributed by atoms with Gasteiger partial charge in [-0.15, -0.1) is 0 Å². The van der Waals surface area contributed by atoms with Gasteiger partial charge in [0.1, 0.15) is 17.3 Å². The number of hydrogen-bond acceptors (Lipinski definition) is 3. The van der Waals surface area contributed by atoms with E-state index in [2.05, 4.69) is 0 Å². The fourth-order valence-corrected chi connectivity index (χ4v) is 3.04. The van der Waals surface area contributed by atoms with Crippen molar-refractivity contribution in [2.45, 2.75) is 13.8 Å². The minimum Gasteiger partial charge on any atom is -0.457 e. The highest BCUT2D eigenvalue weighted by atomic mass is 35.5. The molecule has 4 heteroatoms. The summed E-state index contributed by atoms with van der Waals surface area (Å²) in [4.78, 5) is 12.5. The van der Waals surface area contributed by atoms with E-state index in [0.29, 0.717) is 27.9 Å². The van der Waals surface area contributed by atoms with E-state index in [-0.39, 0.29) is 11.5 Å². The molecule has 0 unspecified atom stereocenters. The summed E-state index contributed by atoms with van der Waals surface area (Å²) in [5.74, 6) is 1.91. The van der Waals surface area contributed by atoms with E-state index in [9.17, 15) is 4.79 Å². The van der Waals surface area contributed by atoms with Gasteiger partial charge in [-0.3, -0.25) is 4.79 Å². The Hall–Kier alpha value is -2.78. The van der Waals surface area contributed by atoms with Crippen molar-refractivity contribution in [2.24, 2.45) is 0 Å². The minimum atomic E-state index is -0.131. The van der Waals surface area contributed by atoms with E-state index < -0.39 is 0 Å². The van der Waals surface area contributed by atoms with Crippen LogP contribution in [0, 0.1) is 13.8 Å². The fourth-order valence-electron chi connectivity index (χ4n) is 2.81. The molecule has 3 nitrogen and oxygen atoms in total. The molecule has 0 N–H and O–H groups in total. The predicted octanol–water partition coefficient (Wildman–Crippen LogP) is 5.83. The van der Waals surface area contributed by atoms with Gasteiger partial charge in [0.15, 0.2) is 5.76 Å². The van der Waals surface area contributed by atoms with E-state index in [1.54, 1.807) is 12.1 Å². The van der Waals surface area contributed by atoms with E-state index in [1.165, 1.54) is 0 Å². The van der Waals surface area contributed by atoms with Gasteiger partial charge in [-0.05, 0) is 61.4 Å². The summed E-state index contributed by atoms with van der Waals surface area (Å²) in [6.45, 7) is 3.97. The van der Waals surface area contributed by atoms with E-state index in [4.69, 9.17) is 20.8 Å². The molecule has 0 atom stereocenters. The maximum Gasteiger partial charge on any atom is 0.232 e. The van der Waals surface area contributed by atoms with Gasteiger partial charge in [0.2, 0.25) is 5.78 Å². The number of Topliss-reactive ketones (excluding diaryl/α,β-unsaturated/α-hetero) is 1. The standard InChI is InChI=1S/C21H15ClO3/c1-12-9-16-19(10-13(12)2)25-20(21(16)23)11-14-7-8-18(24-14)15-5-3-4-6-17(15)22/h3-11H,1-2H3/b20-11-. The van der Waals surface area contributed by atoms with E-state index >= 15 is 0 Å². The maximum atomic E-state index is 12.5. The van der Waals surface area contributed by atoms with Crippen LogP contribution in [-0.2, 0) is 0 Å². The fraction of sp³-hybridized carbons (Fsp3) is 0.0952. The second-order valence-electron chi connectivity index (χ2n) is 6.05. The molecule has 0 spiro atoms. The van der Waals surface area contributed by atoms with Gasteiger partial charge in [-0.1, -0.05) is 23.7 Å². The number of carbonyl (C=O) groups excluding carboxylic acids is 1. The van der Waals surface area contributed by atoms with Crippen molar-refractivity contribution in [3.05, 3.63) is 81.8 Å². The van der Waals surface area contributed by atoms with Gasteiger partial charge in [0.25, 0.3) is 0 Å². The summed E-state index contributed by atoms with van der Waals surface area (Å²) in [6, 6.07) is 14.8. The molecule has 0 fully saturated rings. The molecule has 3 aromatic rings. The van der Waals surface area contributed by atoms with Crippen molar-refractivity contribution in [2.75, 3.05) is 0 Å². The number of benzene rings is 2. The molecule has 1 aliphatic heterocycles. The predicted molar refractivity (Wildman–Crippen MR) is 98.0 cm³/mol. The molecule has 0 aliphatic carbocycles. The number of furan rings is 1. The van der Waals surface area contributed by atoms with Crippen LogP contribution in [0.25, 0.3) is 17.4 Å². The molecule has 1 aromatic heterocycles. The number of hydrogen-bond donors (Lipinski definition) is 0. The Morgan fingerprint density at radius 2 is 1.72 bits per heavy atom. The first kappa shape index (κ1) is 15.7. The molecule has 0 radical (unpaired) electrons. The summed E-state index contributed by atoms with van der Waals surface area (Å²) in [7, 11) is 0. The van der Waals surface area contributed by atoms with Gasteiger partial charge < -0.3 is 9.15 Å². The van der Waals surface area contributed by atoms with Gasteiger partial charge in [-0.25, -0.2) is 0 Å². The first-order valence-corrected chi connectivity index (χ1v) is 8.31. The Balaban J connectivity index is 1.67. The SMILES string of the molecule is Cc1cc2c(cc1C)C(=O)/C(=C/c1ccc(-c3ccccc3Cl)o1)O2. The van der Waals surface area contributed by atoms with Crippen LogP contribution in [0.2, 0.25) is 5.02 Å². The Kier molecular flexibility index (Phi) is 3.74. The van der Waals surface area contributed by atoms with Crippen molar-refractivity contribution < 1.29 is 13.9 Å². The van der Waals surface area contributed by atoms with Crippen LogP contribution in [-0.4, -0.2) is 5.78 Å². The van der Waals surface area contributed by atoms with Crippen LogP contribution < -0.4 is 4.74 Å². The number of fused-ring (bicyclic) bond motifs is 1. The third-order valence-corrected chi connectivity index (χ3v) is 4.65. The molecule has 2 heterocycles. The van der Waals surface area contributed by atoms with Gasteiger partial charge in [-0.2, -0.15) is 0 Å². The number of aryl methyl sites for hydroxylation is 2. The van der Waals surface area contributed by atoms with Crippen molar-refractivity contribution in [1.82, 2.24) is 0 Å². The molecule has 0 saturated heterocycles. The lowest BCUT2D eigenvalue weighted by atomic mass is 10.0. The molecule has 0 amide bonds. The maximum absolute atomic E-state index is 12.5. The lowest BCUT2D eigenvalue weighted by Crippen LogP contribution is -1.97. The Morgan fingerprint density at radius 3 is 2.52 bits per heavy atom. The van der Waals surface area contributed by atoms with E-state index in [1.807, 2.05) is 56.3 Å². The smallest absolute Gasteiger partial charge is 0.232 e. The lowest BCUT2D eigenvalue weighted by molar-refractivity contribution is 0.101. The number of halogens is 1. The summed E-state index contributed by atoms with van der Waals surface area (Å²) in [6.07, 6.45) is 1.62. The van der Waals surface area contributed by atoms with E-state index in [0.717, 1.165) is 16.7 Å². The first-order chi connectivity index (χ1) is 12.0. The van der Waals surface area contributed by atoms with Crippen molar-refractivity contribution in [3.63, 3.8) is 0 Å². The zero-order valence-corrected chi connectivity index (χ0v) is 14.6. The highest BCUT2D eigenvalue weighted by molar-refractivity contribution is 6.33. The second-order valence-corrected chi connectivity index (χ2v) is 6.46. The molecule has 0 saturated carbocycles. The van der Waals surface area contributed by atoms with Crippen LogP contribution in [0.5, 0.6) is 5.75 Å². The number of ether oxygens (including phenoxy) is 1. The third-order valence-electron chi connectivity index (χ3n) is 4.32. The van der Waals surface area contributed by atoms with Crippen molar-refractivity contribution in [1.29, 1.82) is 0 Å². The summed E-state index contributed by atoms with van der Waals surface area (Å²) >= 11 is 6.20. The molecular weight excluding hydrogens is 336 g/mol. The van der Waals surface area contributed by atoms with Crippen LogP contribution >= 0.6 is 11.6 Å². The average Bonchev–Trinajstić information content (AvgIpc) is 3.16. The Morgan fingerprint density at radius 1 is 0.960 bits per heavy atom. The van der Waals surface area contributed by atoms with Gasteiger partial charge >= 0.3 is 0 Å². The topological polar surface area (TPSA) is 39.4 Å². The molecular formula is C21H15ClO3. The highest BCUT2D eigenvalue weighted by Gasteiger charge is 2.28. The number of allylic oxidation sites excluding steroid dienone is 1. The molecule has 4 rings (SSSR count).